The normalized spacial score (nSPS) is 12.9. The number of aliphatic hydroxyl groups excluding tert-OH is 1. The number of anilines is 1. The highest BCUT2D eigenvalue weighted by Crippen LogP contribution is 2.07. The number of aliphatic hydroxyl groups is 1. The quantitative estimate of drug-likeness (QED) is 0.724. The monoisotopic (exact) mass is 181 g/mol. The fraction of sp³-hybridized carbons (Fsp3) is 0.556. The molecule has 0 aliphatic rings. The largest absolute Gasteiger partial charge is 0.394 e. The van der Waals surface area contributed by atoms with Crippen LogP contribution in [0.1, 0.15) is 13.8 Å². The summed E-state index contributed by atoms with van der Waals surface area (Å²) >= 11 is 0. The van der Waals surface area contributed by atoms with Gasteiger partial charge in [-0.2, -0.15) is 0 Å². The summed E-state index contributed by atoms with van der Waals surface area (Å²) in [5, 5.41) is 12.2. The molecule has 0 amide bonds. The minimum Gasteiger partial charge on any atom is -0.394 e. The molecule has 1 aromatic heterocycles. The first-order valence-electron chi connectivity index (χ1n) is 4.37. The maximum atomic E-state index is 9.05. The van der Waals surface area contributed by atoms with Crippen molar-refractivity contribution >= 4 is 5.82 Å². The summed E-state index contributed by atoms with van der Waals surface area (Å²) in [6.07, 6.45) is 4.89. The highest BCUT2D eigenvalue weighted by molar-refractivity contribution is 5.31. The van der Waals surface area contributed by atoms with Crippen LogP contribution in [0, 0.1) is 5.92 Å². The van der Waals surface area contributed by atoms with Crippen LogP contribution in [0.15, 0.2) is 18.6 Å². The molecule has 4 heteroatoms. The molecule has 0 saturated heterocycles. The number of hydrogen-bond donors (Lipinski definition) is 2. The Balaban J connectivity index is 2.57. The second-order valence-electron chi connectivity index (χ2n) is 3.27. The Kier molecular flexibility index (Phi) is 3.64. The molecule has 1 atom stereocenters. The molecule has 0 aliphatic carbocycles. The second-order valence-corrected chi connectivity index (χ2v) is 3.27. The molecule has 1 rings (SSSR count). The SMILES string of the molecule is CC(C)[C@@H](CO)Nc1cnccn1. The molecule has 0 fully saturated rings. The van der Waals surface area contributed by atoms with E-state index in [2.05, 4.69) is 15.3 Å². The topological polar surface area (TPSA) is 58.0 Å². The molecule has 1 aromatic rings. The van der Waals surface area contributed by atoms with Crippen molar-refractivity contribution in [3.63, 3.8) is 0 Å². The third kappa shape index (κ3) is 2.99. The van der Waals surface area contributed by atoms with E-state index >= 15 is 0 Å². The first-order valence-corrected chi connectivity index (χ1v) is 4.37. The number of nitrogens with one attached hydrogen (secondary N) is 1. The summed E-state index contributed by atoms with van der Waals surface area (Å²) in [5.74, 6) is 1.07. The van der Waals surface area contributed by atoms with Crippen molar-refractivity contribution in [2.75, 3.05) is 11.9 Å². The van der Waals surface area contributed by atoms with Crippen LogP contribution in [0.4, 0.5) is 5.82 Å². The zero-order chi connectivity index (χ0) is 9.68. The highest BCUT2D eigenvalue weighted by Gasteiger charge is 2.11. The predicted molar refractivity (Wildman–Crippen MR) is 51.4 cm³/mol. The standard InChI is InChI=1S/C9H15N3O/c1-7(2)8(6-13)12-9-5-10-3-4-11-9/h3-5,7-8,13H,6H2,1-2H3,(H,11,12)/t8-/m1/s1. The summed E-state index contributed by atoms with van der Waals surface area (Å²) in [7, 11) is 0. The molecular weight excluding hydrogens is 166 g/mol. The van der Waals surface area contributed by atoms with Gasteiger partial charge in [0.05, 0.1) is 18.8 Å². The van der Waals surface area contributed by atoms with Gasteiger partial charge >= 0.3 is 0 Å². The Morgan fingerprint density at radius 1 is 1.46 bits per heavy atom. The van der Waals surface area contributed by atoms with Crippen molar-refractivity contribution in [2.24, 2.45) is 5.92 Å². The zero-order valence-electron chi connectivity index (χ0n) is 7.94. The minimum absolute atomic E-state index is 0.0386. The van der Waals surface area contributed by atoms with E-state index in [1.54, 1.807) is 18.6 Å². The first kappa shape index (κ1) is 9.92. The molecule has 13 heavy (non-hydrogen) atoms. The molecule has 0 aromatic carbocycles. The minimum atomic E-state index is 0.0386. The highest BCUT2D eigenvalue weighted by atomic mass is 16.3. The average Bonchev–Trinajstić information content (AvgIpc) is 2.15. The Morgan fingerprint density at radius 2 is 2.23 bits per heavy atom. The van der Waals surface area contributed by atoms with Gasteiger partial charge in [0.15, 0.2) is 0 Å². The molecule has 2 N–H and O–H groups in total. The van der Waals surface area contributed by atoms with Crippen LogP contribution in [-0.4, -0.2) is 27.7 Å². The Labute approximate surface area is 78.0 Å². The summed E-state index contributed by atoms with van der Waals surface area (Å²) in [6, 6.07) is 0.0386. The van der Waals surface area contributed by atoms with Gasteiger partial charge in [-0.15, -0.1) is 0 Å². The van der Waals surface area contributed by atoms with Gasteiger partial charge < -0.3 is 10.4 Å². The van der Waals surface area contributed by atoms with E-state index in [0.717, 1.165) is 0 Å². The van der Waals surface area contributed by atoms with Gasteiger partial charge in [-0.1, -0.05) is 13.8 Å². The van der Waals surface area contributed by atoms with E-state index in [-0.39, 0.29) is 12.6 Å². The van der Waals surface area contributed by atoms with Gasteiger partial charge in [0.2, 0.25) is 0 Å². The molecule has 0 aliphatic heterocycles. The van der Waals surface area contributed by atoms with E-state index in [4.69, 9.17) is 5.11 Å². The molecule has 0 unspecified atom stereocenters. The van der Waals surface area contributed by atoms with Crippen molar-refractivity contribution in [3.05, 3.63) is 18.6 Å². The van der Waals surface area contributed by atoms with Crippen LogP contribution in [0.2, 0.25) is 0 Å². The van der Waals surface area contributed by atoms with Crippen LogP contribution in [0.3, 0.4) is 0 Å². The lowest BCUT2D eigenvalue weighted by molar-refractivity contribution is 0.249. The van der Waals surface area contributed by atoms with Crippen LogP contribution >= 0.6 is 0 Å². The molecular formula is C9H15N3O. The van der Waals surface area contributed by atoms with Crippen molar-refractivity contribution < 1.29 is 5.11 Å². The van der Waals surface area contributed by atoms with Crippen LogP contribution in [-0.2, 0) is 0 Å². The number of aromatic nitrogens is 2. The van der Waals surface area contributed by atoms with Gasteiger partial charge in [0.25, 0.3) is 0 Å². The van der Waals surface area contributed by atoms with E-state index in [1.165, 1.54) is 0 Å². The van der Waals surface area contributed by atoms with Gasteiger partial charge in [0, 0.05) is 12.4 Å². The van der Waals surface area contributed by atoms with Gasteiger partial charge in [-0.25, -0.2) is 4.98 Å². The van der Waals surface area contributed by atoms with Crippen molar-refractivity contribution in [1.29, 1.82) is 0 Å². The Morgan fingerprint density at radius 3 is 2.69 bits per heavy atom. The summed E-state index contributed by atoms with van der Waals surface area (Å²) in [6.45, 7) is 4.20. The lowest BCUT2D eigenvalue weighted by Crippen LogP contribution is -2.29. The van der Waals surface area contributed by atoms with Crippen LogP contribution < -0.4 is 5.32 Å². The Bertz CT molecular complexity index is 238. The molecule has 0 spiro atoms. The first-order chi connectivity index (χ1) is 6.24. The fourth-order valence-corrected chi connectivity index (χ4v) is 0.987. The van der Waals surface area contributed by atoms with Gasteiger partial charge in [-0.3, -0.25) is 4.98 Å². The van der Waals surface area contributed by atoms with Crippen LogP contribution in [0.25, 0.3) is 0 Å². The number of nitrogens with zero attached hydrogens (tertiary/aromatic N) is 2. The van der Waals surface area contributed by atoms with Crippen molar-refractivity contribution in [3.8, 4) is 0 Å². The van der Waals surface area contributed by atoms with Gasteiger partial charge in [-0.05, 0) is 5.92 Å². The van der Waals surface area contributed by atoms with E-state index in [9.17, 15) is 0 Å². The second kappa shape index (κ2) is 4.77. The van der Waals surface area contributed by atoms with Crippen LogP contribution in [0.5, 0.6) is 0 Å². The molecule has 72 valence electrons. The summed E-state index contributed by atoms with van der Waals surface area (Å²) < 4.78 is 0. The Hall–Kier alpha value is -1.16. The van der Waals surface area contributed by atoms with E-state index in [1.807, 2.05) is 13.8 Å². The molecule has 1 heterocycles. The molecule has 0 saturated carbocycles. The van der Waals surface area contributed by atoms with Gasteiger partial charge in [0.1, 0.15) is 5.82 Å². The lowest BCUT2D eigenvalue weighted by Gasteiger charge is -2.19. The van der Waals surface area contributed by atoms with E-state index in [0.29, 0.717) is 11.7 Å². The number of rotatable bonds is 4. The predicted octanol–water partition coefficient (Wildman–Crippen LogP) is 0.905. The average molecular weight is 181 g/mol. The summed E-state index contributed by atoms with van der Waals surface area (Å²) in [4.78, 5) is 7.99. The zero-order valence-corrected chi connectivity index (χ0v) is 7.94. The lowest BCUT2D eigenvalue weighted by atomic mass is 10.1. The van der Waals surface area contributed by atoms with Crippen molar-refractivity contribution in [2.45, 2.75) is 19.9 Å². The molecule has 4 nitrogen and oxygen atoms in total. The molecule has 0 radical (unpaired) electrons. The third-order valence-corrected chi connectivity index (χ3v) is 1.90. The molecule has 0 bridgehead atoms. The third-order valence-electron chi connectivity index (χ3n) is 1.90. The maximum absolute atomic E-state index is 9.05. The van der Waals surface area contributed by atoms with Crippen molar-refractivity contribution in [1.82, 2.24) is 9.97 Å². The number of hydrogen-bond acceptors (Lipinski definition) is 4. The van der Waals surface area contributed by atoms with E-state index < -0.39 is 0 Å². The smallest absolute Gasteiger partial charge is 0.144 e. The maximum Gasteiger partial charge on any atom is 0.144 e. The summed E-state index contributed by atoms with van der Waals surface area (Å²) in [5.41, 5.74) is 0. The fourth-order valence-electron chi connectivity index (χ4n) is 0.987.